The molecule has 4 nitrogen and oxygen atoms in total. The fourth-order valence-electron chi connectivity index (χ4n) is 1.54. The average molecular weight is 246 g/mol. The number of rotatable bonds is 5. The minimum absolute atomic E-state index is 0.231. The van der Waals surface area contributed by atoms with Crippen molar-refractivity contribution >= 4 is 11.8 Å². The van der Waals surface area contributed by atoms with Gasteiger partial charge in [-0.1, -0.05) is 12.1 Å². The third-order valence-electron chi connectivity index (χ3n) is 2.35. The second-order valence-corrected chi connectivity index (χ2v) is 3.78. The van der Waals surface area contributed by atoms with Crippen molar-refractivity contribution in [2.24, 2.45) is 0 Å². The Labute approximate surface area is 105 Å². The predicted molar refractivity (Wildman–Crippen MR) is 69.9 cm³/mol. The molecule has 0 saturated heterocycles. The summed E-state index contributed by atoms with van der Waals surface area (Å²) in [6, 6.07) is 8.26. The Hall–Kier alpha value is -2.17. The van der Waals surface area contributed by atoms with Gasteiger partial charge in [-0.3, -0.25) is 0 Å². The second-order valence-electron chi connectivity index (χ2n) is 3.78. The van der Waals surface area contributed by atoms with E-state index in [1.54, 1.807) is 18.3 Å². The maximum Gasteiger partial charge on any atom is 0.224 e. The van der Waals surface area contributed by atoms with Gasteiger partial charge in [0.15, 0.2) is 0 Å². The summed E-state index contributed by atoms with van der Waals surface area (Å²) < 4.78 is 13.0. The number of anilines is 2. The molecule has 2 rings (SSSR count). The van der Waals surface area contributed by atoms with Gasteiger partial charge >= 0.3 is 0 Å². The molecule has 0 spiro atoms. The van der Waals surface area contributed by atoms with Crippen LogP contribution in [0.15, 0.2) is 36.5 Å². The van der Waals surface area contributed by atoms with Crippen LogP contribution in [-0.4, -0.2) is 16.5 Å². The van der Waals surface area contributed by atoms with Crippen LogP contribution in [0.2, 0.25) is 0 Å². The fraction of sp³-hybridized carbons (Fsp3) is 0.231. The zero-order valence-corrected chi connectivity index (χ0v) is 10.2. The van der Waals surface area contributed by atoms with Gasteiger partial charge in [0.05, 0.1) is 0 Å². The van der Waals surface area contributed by atoms with Gasteiger partial charge < -0.3 is 10.6 Å². The van der Waals surface area contributed by atoms with E-state index in [9.17, 15) is 4.39 Å². The van der Waals surface area contributed by atoms with Crippen LogP contribution in [-0.2, 0) is 6.54 Å². The molecule has 0 aliphatic heterocycles. The maximum atomic E-state index is 13.0. The number of hydrogen-bond acceptors (Lipinski definition) is 4. The molecule has 0 amide bonds. The lowest BCUT2D eigenvalue weighted by atomic mass is 10.2. The highest BCUT2D eigenvalue weighted by Crippen LogP contribution is 2.09. The van der Waals surface area contributed by atoms with Crippen molar-refractivity contribution in [2.75, 3.05) is 17.2 Å². The highest BCUT2D eigenvalue weighted by molar-refractivity contribution is 5.40. The van der Waals surface area contributed by atoms with Gasteiger partial charge in [0.1, 0.15) is 11.6 Å². The quantitative estimate of drug-likeness (QED) is 0.851. The molecule has 0 radical (unpaired) electrons. The van der Waals surface area contributed by atoms with Crippen LogP contribution in [0.25, 0.3) is 0 Å². The van der Waals surface area contributed by atoms with Gasteiger partial charge in [-0.15, -0.1) is 0 Å². The lowest BCUT2D eigenvalue weighted by molar-refractivity contribution is 0.626. The Morgan fingerprint density at radius 1 is 1.22 bits per heavy atom. The largest absolute Gasteiger partial charge is 0.366 e. The summed E-state index contributed by atoms with van der Waals surface area (Å²) in [6.07, 6.45) is 1.68. The minimum atomic E-state index is -0.231. The van der Waals surface area contributed by atoms with E-state index in [0.29, 0.717) is 18.3 Å². The molecule has 0 aliphatic rings. The van der Waals surface area contributed by atoms with Gasteiger partial charge in [-0.2, -0.15) is 4.98 Å². The van der Waals surface area contributed by atoms with Crippen LogP contribution in [0.1, 0.15) is 12.5 Å². The number of aromatic nitrogens is 2. The molecule has 0 fully saturated rings. The number of nitrogens with zero attached hydrogens (tertiary/aromatic N) is 2. The first kappa shape index (κ1) is 12.3. The van der Waals surface area contributed by atoms with Gasteiger partial charge in [-0.25, -0.2) is 9.37 Å². The van der Waals surface area contributed by atoms with Crippen LogP contribution in [0.4, 0.5) is 16.2 Å². The lowest BCUT2D eigenvalue weighted by Crippen LogP contribution is -2.06. The average Bonchev–Trinajstić information content (AvgIpc) is 2.37. The highest BCUT2D eigenvalue weighted by atomic mass is 19.1. The van der Waals surface area contributed by atoms with Crippen LogP contribution in [0, 0.1) is 5.82 Å². The number of hydrogen-bond donors (Lipinski definition) is 2. The van der Waals surface area contributed by atoms with Gasteiger partial charge in [0, 0.05) is 19.3 Å². The summed E-state index contributed by atoms with van der Waals surface area (Å²) in [4.78, 5) is 8.35. The Balaban J connectivity index is 1.99. The molecule has 5 heteroatoms. The van der Waals surface area contributed by atoms with E-state index in [1.165, 1.54) is 12.1 Å². The normalized spacial score (nSPS) is 10.1. The topological polar surface area (TPSA) is 49.8 Å². The number of nitrogens with one attached hydrogen (secondary N) is 2. The predicted octanol–water partition coefficient (Wildman–Crippen LogP) is 2.66. The van der Waals surface area contributed by atoms with E-state index < -0.39 is 0 Å². The molecule has 0 unspecified atom stereocenters. The van der Waals surface area contributed by atoms with E-state index in [4.69, 9.17) is 0 Å². The van der Waals surface area contributed by atoms with Gasteiger partial charge in [0.25, 0.3) is 0 Å². The molecular weight excluding hydrogens is 231 g/mol. The highest BCUT2D eigenvalue weighted by Gasteiger charge is 1.99. The van der Waals surface area contributed by atoms with Gasteiger partial charge in [0.2, 0.25) is 5.95 Å². The first-order chi connectivity index (χ1) is 8.78. The molecular formula is C13H15FN4. The number of halogens is 1. The van der Waals surface area contributed by atoms with Crippen LogP contribution >= 0.6 is 0 Å². The maximum absolute atomic E-state index is 13.0. The minimum Gasteiger partial charge on any atom is -0.366 e. The van der Waals surface area contributed by atoms with Crippen LogP contribution in [0.5, 0.6) is 0 Å². The van der Waals surface area contributed by atoms with Crippen molar-refractivity contribution in [3.05, 3.63) is 47.9 Å². The van der Waals surface area contributed by atoms with Gasteiger partial charge in [-0.05, 0) is 30.7 Å². The van der Waals surface area contributed by atoms with Crippen LogP contribution < -0.4 is 10.6 Å². The molecule has 2 aromatic rings. The molecule has 18 heavy (non-hydrogen) atoms. The summed E-state index contributed by atoms with van der Waals surface area (Å²) in [5, 5.41) is 6.16. The lowest BCUT2D eigenvalue weighted by Gasteiger charge is -2.07. The Bertz CT molecular complexity index is 516. The Kier molecular flexibility index (Phi) is 4.06. The third-order valence-corrected chi connectivity index (χ3v) is 2.35. The van der Waals surface area contributed by atoms with Crippen molar-refractivity contribution in [2.45, 2.75) is 13.5 Å². The van der Waals surface area contributed by atoms with Crippen molar-refractivity contribution < 1.29 is 4.39 Å². The Morgan fingerprint density at radius 3 is 2.89 bits per heavy atom. The fourth-order valence-corrected chi connectivity index (χ4v) is 1.54. The van der Waals surface area contributed by atoms with Crippen molar-refractivity contribution in [3.8, 4) is 0 Å². The first-order valence-electron chi connectivity index (χ1n) is 5.83. The number of benzene rings is 1. The van der Waals surface area contributed by atoms with E-state index in [1.807, 2.05) is 13.0 Å². The molecule has 1 aromatic carbocycles. The molecule has 0 saturated carbocycles. The summed E-state index contributed by atoms with van der Waals surface area (Å²) in [7, 11) is 0. The summed E-state index contributed by atoms with van der Waals surface area (Å²) >= 11 is 0. The molecule has 2 N–H and O–H groups in total. The van der Waals surface area contributed by atoms with Crippen LogP contribution in [0.3, 0.4) is 0 Å². The molecule has 94 valence electrons. The molecule has 0 aliphatic carbocycles. The zero-order chi connectivity index (χ0) is 12.8. The molecule has 1 aromatic heterocycles. The van der Waals surface area contributed by atoms with E-state index in [0.717, 1.165) is 12.1 Å². The monoisotopic (exact) mass is 246 g/mol. The van der Waals surface area contributed by atoms with Crippen molar-refractivity contribution in [3.63, 3.8) is 0 Å². The smallest absolute Gasteiger partial charge is 0.224 e. The summed E-state index contributed by atoms with van der Waals surface area (Å²) in [5.74, 6) is 1.07. The van der Waals surface area contributed by atoms with E-state index >= 15 is 0 Å². The molecule has 0 atom stereocenters. The van der Waals surface area contributed by atoms with Crippen molar-refractivity contribution in [1.82, 2.24) is 9.97 Å². The van der Waals surface area contributed by atoms with E-state index in [2.05, 4.69) is 20.6 Å². The first-order valence-corrected chi connectivity index (χ1v) is 5.83. The van der Waals surface area contributed by atoms with E-state index in [-0.39, 0.29) is 5.82 Å². The standard InChI is InChI=1S/C13H15FN4/c1-2-15-13-16-7-6-12(18-13)17-9-10-4-3-5-11(14)8-10/h3-8H,2,9H2,1H3,(H2,15,16,17,18). The second kappa shape index (κ2) is 5.95. The third kappa shape index (κ3) is 3.41. The molecule has 1 heterocycles. The summed E-state index contributed by atoms with van der Waals surface area (Å²) in [5.41, 5.74) is 0.874. The molecule has 0 bridgehead atoms. The SMILES string of the molecule is CCNc1nccc(NCc2cccc(F)c2)n1. The zero-order valence-electron chi connectivity index (χ0n) is 10.2. The summed E-state index contributed by atoms with van der Waals surface area (Å²) in [6.45, 7) is 3.28. The Morgan fingerprint density at radius 2 is 2.11 bits per heavy atom. The van der Waals surface area contributed by atoms with Crippen molar-refractivity contribution in [1.29, 1.82) is 0 Å².